The molecule has 3 rings (SSSR count). The van der Waals surface area contributed by atoms with Gasteiger partial charge in [-0.25, -0.2) is 18.2 Å². The minimum absolute atomic E-state index is 0.191. The summed E-state index contributed by atoms with van der Waals surface area (Å²) in [6.07, 6.45) is 0.877. The SMILES string of the molecule is COc1ccc2c(c1)[C@H]1CCCN1NC(=O)OCS2(=O)=O. The Labute approximate surface area is 122 Å². The van der Waals surface area contributed by atoms with Crippen molar-refractivity contribution >= 4 is 15.9 Å². The van der Waals surface area contributed by atoms with Crippen LogP contribution in [0.2, 0.25) is 0 Å². The molecule has 0 spiro atoms. The molecule has 7 nitrogen and oxygen atoms in total. The summed E-state index contributed by atoms with van der Waals surface area (Å²) in [5.74, 6) is -0.0825. The lowest BCUT2D eigenvalue weighted by Gasteiger charge is -2.24. The number of benzene rings is 1. The van der Waals surface area contributed by atoms with Gasteiger partial charge in [-0.15, -0.1) is 0 Å². The summed E-state index contributed by atoms with van der Waals surface area (Å²) in [4.78, 5) is 11.8. The quantitative estimate of drug-likeness (QED) is 0.839. The summed E-state index contributed by atoms with van der Waals surface area (Å²) in [6, 6.07) is 4.63. The van der Waals surface area contributed by atoms with E-state index in [0.717, 1.165) is 12.8 Å². The molecule has 21 heavy (non-hydrogen) atoms. The van der Waals surface area contributed by atoms with Crippen LogP contribution in [-0.2, 0) is 14.6 Å². The first kappa shape index (κ1) is 14.2. The van der Waals surface area contributed by atoms with Gasteiger partial charge in [0.15, 0.2) is 5.94 Å². The molecular weight excluding hydrogens is 296 g/mol. The number of methoxy groups -OCH3 is 1. The number of hydrogen-bond donors (Lipinski definition) is 1. The molecule has 1 atom stereocenters. The van der Waals surface area contributed by atoms with Gasteiger partial charge in [-0.1, -0.05) is 0 Å². The summed E-state index contributed by atoms with van der Waals surface area (Å²) < 4.78 is 34.7. The zero-order valence-corrected chi connectivity index (χ0v) is 12.4. The average molecular weight is 312 g/mol. The highest BCUT2D eigenvalue weighted by molar-refractivity contribution is 7.91. The molecule has 0 aliphatic carbocycles. The van der Waals surface area contributed by atoms with Crippen LogP contribution in [0.3, 0.4) is 0 Å². The van der Waals surface area contributed by atoms with Crippen molar-refractivity contribution in [2.75, 3.05) is 19.6 Å². The monoisotopic (exact) mass is 312 g/mol. The number of carbonyl (C=O) groups excluding carboxylic acids is 1. The van der Waals surface area contributed by atoms with Gasteiger partial charge in [-0.3, -0.25) is 5.43 Å². The smallest absolute Gasteiger partial charge is 0.422 e. The Kier molecular flexibility index (Phi) is 3.50. The van der Waals surface area contributed by atoms with E-state index in [1.807, 2.05) is 0 Å². The lowest BCUT2D eigenvalue weighted by molar-refractivity contribution is 0.112. The Balaban J connectivity index is 2.17. The molecule has 0 aromatic heterocycles. The van der Waals surface area contributed by atoms with Crippen molar-refractivity contribution in [3.05, 3.63) is 23.8 Å². The lowest BCUT2D eigenvalue weighted by atomic mass is 10.0. The zero-order chi connectivity index (χ0) is 15.0. The fourth-order valence-electron chi connectivity index (χ4n) is 2.77. The number of rotatable bonds is 1. The third-order valence-corrected chi connectivity index (χ3v) is 5.21. The Morgan fingerprint density at radius 1 is 1.43 bits per heavy atom. The highest BCUT2D eigenvalue weighted by Crippen LogP contribution is 2.37. The molecule has 1 aromatic rings. The second kappa shape index (κ2) is 5.19. The minimum atomic E-state index is -3.69. The standard InChI is InChI=1S/C13H16N2O5S/c1-19-9-4-5-12-10(7-9)11-3-2-6-15(11)14-13(16)20-8-21(12,17)18/h4-5,7,11H,2-3,6,8H2,1H3,(H,14,16)/t11-/m1/s1. The number of fused-ring (bicyclic) bond motifs is 3. The maximum atomic E-state index is 12.4. The molecule has 2 heterocycles. The first-order valence-electron chi connectivity index (χ1n) is 6.62. The maximum Gasteiger partial charge on any atom is 0.422 e. The molecule has 1 fully saturated rings. The zero-order valence-electron chi connectivity index (χ0n) is 11.5. The predicted molar refractivity (Wildman–Crippen MR) is 73.3 cm³/mol. The van der Waals surface area contributed by atoms with Crippen LogP contribution in [0.15, 0.2) is 23.1 Å². The van der Waals surface area contributed by atoms with Gasteiger partial charge >= 0.3 is 6.09 Å². The van der Waals surface area contributed by atoms with E-state index in [1.54, 1.807) is 17.1 Å². The molecule has 0 bridgehead atoms. The Morgan fingerprint density at radius 3 is 3.00 bits per heavy atom. The Hall–Kier alpha value is -1.80. The normalized spacial score (nSPS) is 24.6. The second-order valence-electron chi connectivity index (χ2n) is 5.03. The molecule has 1 amide bonds. The molecular formula is C13H16N2O5S. The van der Waals surface area contributed by atoms with Crippen LogP contribution in [0, 0.1) is 0 Å². The van der Waals surface area contributed by atoms with Gasteiger partial charge < -0.3 is 9.47 Å². The van der Waals surface area contributed by atoms with Gasteiger partial charge in [0.05, 0.1) is 18.0 Å². The summed E-state index contributed by atoms with van der Waals surface area (Å²) in [6.45, 7) is 0.649. The number of amides is 1. The number of hydrogen-bond acceptors (Lipinski definition) is 6. The third-order valence-electron chi connectivity index (χ3n) is 3.74. The van der Waals surface area contributed by atoms with E-state index in [9.17, 15) is 13.2 Å². The number of nitrogens with zero attached hydrogens (tertiary/aromatic N) is 1. The van der Waals surface area contributed by atoms with Crippen LogP contribution in [0.4, 0.5) is 4.79 Å². The number of hydrazine groups is 1. The topological polar surface area (TPSA) is 84.9 Å². The van der Waals surface area contributed by atoms with E-state index in [-0.39, 0.29) is 10.9 Å². The molecule has 1 N–H and O–H groups in total. The van der Waals surface area contributed by atoms with Crippen molar-refractivity contribution in [1.29, 1.82) is 0 Å². The summed E-state index contributed by atoms with van der Waals surface area (Å²) in [5, 5.41) is 1.72. The molecule has 2 aliphatic rings. The van der Waals surface area contributed by atoms with E-state index in [1.165, 1.54) is 13.2 Å². The summed E-state index contributed by atoms with van der Waals surface area (Å²) in [5.41, 5.74) is 3.24. The van der Waals surface area contributed by atoms with Crippen molar-refractivity contribution < 1.29 is 22.7 Å². The first-order chi connectivity index (χ1) is 10.0. The highest BCUT2D eigenvalue weighted by Gasteiger charge is 2.35. The van der Waals surface area contributed by atoms with Crippen molar-refractivity contribution in [2.45, 2.75) is 23.8 Å². The Morgan fingerprint density at radius 2 is 2.24 bits per heavy atom. The van der Waals surface area contributed by atoms with Crippen LogP contribution in [-0.4, -0.2) is 39.1 Å². The molecule has 0 radical (unpaired) electrons. The van der Waals surface area contributed by atoms with E-state index >= 15 is 0 Å². The third kappa shape index (κ3) is 2.56. The lowest BCUT2D eigenvalue weighted by Crippen LogP contribution is -2.41. The van der Waals surface area contributed by atoms with E-state index in [0.29, 0.717) is 17.9 Å². The van der Waals surface area contributed by atoms with Gasteiger partial charge in [0, 0.05) is 6.54 Å². The number of cyclic esters (lactones) is 1. The molecule has 0 saturated carbocycles. The van der Waals surface area contributed by atoms with Gasteiger partial charge in [-0.05, 0) is 36.6 Å². The van der Waals surface area contributed by atoms with Crippen LogP contribution in [0.25, 0.3) is 0 Å². The van der Waals surface area contributed by atoms with Gasteiger partial charge in [0.25, 0.3) is 0 Å². The van der Waals surface area contributed by atoms with Crippen molar-refractivity contribution in [3.8, 4) is 5.75 Å². The van der Waals surface area contributed by atoms with Crippen LogP contribution in [0.5, 0.6) is 5.75 Å². The largest absolute Gasteiger partial charge is 0.497 e. The summed E-state index contributed by atoms with van der Waals surface area (Å²) in [7, 11) is -2.16. The minimum Gasteiger partial charge on any atom is -0.497 e. The number of ether oxygens (including phenoxy) is 2. The van der Waals surface area contributed by atoms with E-state index in [4.69, 9.17) is 9.47 Å². The first-order valence-corrected chi connectivity index (χ1v) is 8.27. The van der Waals surface area contributed by atoms with E-state index < -0.39 is 21.9 Å². The molecule has 1 saturated heterocycles. The van der Waals surface area contributed by atoms with E-state index in [2.05, 4.69) is 5.43 Å². The van der Waals surface area contributed by atoms with Gasteiger partial charge in [-0.2, -0.15) is 0 Å². The fraction of sp³-hybridized carbons (Fsp3) is 0.462. The molecule has 8 heteroatoms. The maximum absolute atomic E-state index is 12.4. The number of sulfone groups is 1. The highest BCUT2D eigenvalue weighted by atomic mass is 32.2. The van der Waals surface area contributed by atoms with Crippen LogP contribution < -0.4 is 10.2 Å². The Bertz CT molecular complexity index is 673. The molecule has 1 aromatic carbocycles. The molecule has 2 aliphatic heterocycles. The van der Waals surface area contributed by atoms with Crippen LogP contribution in [0.1, 0.15) is 24.4 Å². The van der Waals surface area contributed by atoms with Gasteiger partial charge in [0.2, 0.25) is 9.84 Å². The van der Waals surface area contributed by atoms with Gasteiger partial charge in [0.1, 0.15) is 5.75 Å². The molecule has 114 valence electrons. The average Bonchev–Trinajstić information content (AvgIpc) is 2.92. The van der Waals surface area contributed by atoms with Crippen molar-refractivity contribution in [3.63, 3.8) is 0 Å². The second-order valence-corrected chi connectivity index (χ2v) is 6.94. The van der Waals surface area contributed by atoms with Crippen molar-refractivity contribution in [2.24, 2.45) is 0 Å². The van der Waals surface area contributed by atoms with Crippen LogP contribution >= 0.6 is 0 Å². The fourth-order valence-corrected chi connectivity index (χ4v) is 3.98. The summed E-state index contributed by atoms with van der Waals surface area (Å²) >= 11 is 0. The van der Waals surface area contributed by atoms with Crippen molar-refractivity contribution in [1.82, 2.24) is 10.4 Å². The number of nitrogens with one attached hydrogen (secondary N) is 1. The number of carbonyl (C=O) groups is 1. The molecule has 0 unspecified atom stereocenters. The predicted octanol–water partition coefficient (Wildman–Crippen LogP) is 1.22.